The second kappa shape index (κ2) is 13.2. The van der Waals surface area contributed by atoms with E-state index in [9.17, 15) is 19.5 Å². The van der Waals surface area contributed by atoms with Crippen LogP contribution in [0.3, 0.4) is 0 Å². The Labute approximate surface area is 163 Å². The van der Waals surface area contributed by atoms with Crippen molar-refractivity contribution >= 4 is 17.3 Å². The van der Waals surface area contributed by atoms with E-state index in [-0.39, 0.29) is 12.3 Å². The molecule has 0 radical (unpaired) electrons. The van der Waals surface area contributed by atoms with Crippen LogP contribution in [0.1, 0.15) is 90.9 Å². The molecule has 27 heavy (non-hydrogen) atoms. The molecule has 2 N–H and O–H groups in total. The summed E-state index contributed by atoms with van der Waals surface area (Å²) in [5, 5.41) is 17.9. The molecule has 0 saturated heterocycles. The number of Topliss-reactive ketones (excluding diaryl/α,β-unsaturated/α-hetero) is 3. The highest BCUT2D eigenvalue weighted by molar-refractivity contribution is 6.38. The summed E-state index contributed by atoms with van der Waals surface area (Å²) in [6.07, 6.45) is 9.61. The Bertz CT molecular complexity index is 473. The molecule has 156 valence electrons. The predicted molar refractivity (Wildman–Crippen MR) is 105 cm³/mol. The molecule has 0 bridgehead atoms. The number of rotatable bonds is 15. The van der Waals surface area contributed by atoms with Crippen molar-refractivity contribution < 1.29 is 24.6 Å². The molecule has 0 spiro atoms. The highest BCUT2D eigenvalue weighted by Gasteiger charge is 2.33. The van der Waals surface area contributed by atoms with Gasteiger partial charge in [-0.25, -0.2) is 0 Å². The first-order chi connectivity index (χ1) is 12.9. The quantitative estimate of drug-likeness (QED) is 0.333. The fourth-order valence-electron chi connectivity index (χ4n) is 4.19. The standard InChI is InChI=1S/C22H38O5/c1-3-4-8-16(2)9-7-10-17-13-14-19(24)18(17)11-5-6-12-20(25)22(27)21(26)15-23/h16-18,21,23,26H,3-15H2,1-2H3/t16?,17-,18+,21?/m0/s1. The number of unbranched alkanes of at least 4 members (excludes halogenated alkanes) is 2. The normalized spacial score (nSPS) is 22.0. The van der Waals surface area contributed by atoms with Crippen LogP contribution in [-0.2, 0) is 14.4 Å². The predicted octanol–water partition coefficient (Wildman–Crippen LogP) is 3.63. The molecule has 0 aromatic rings. The average Bonchev–Trinajstić information content (AvgIpc) is 3.01. The first kappa shape index (κ1) is 24.0. The lowest BCUT2D eigenvalue weighted by Crippen LogP contribution is -2.31. The lowest BCUT2D eigenvalue weighted by molar-refractivity contribution is -0.142. The second-order valence-electron chi connectivity index (χ2n) is 8.28. The Hall–Kier alpha value is -1.07. The zero-order valence-corrected chi connectivity index (χ0v) is 17.1. The average molecular weight is 383 g/mol. The number of hydrogen-bond acceptors (Lipinski definition) is 5. The first-order valence-electron chi connectivity index (χ1n) is 10.8. The molecule has 0 aromatic carbocycles. The molecule has 1 saturated carbocycles. The van der Waals surface area contributed by atoms with E-state index in [4.69, 9.17) is 5.11 Å². The molecule has 5 nitrogen and oxygen atoms in total. The Balaban J connectivity index is 2.28. The Morgan fingerprint density at radius 3 is 2.48 bits per heavy atom. The van der Waals surface area contributed by atoms with Crippen molar-refractivity contribution in [1.29, 1.82) is 0 Å². The summed E-state index contributed by atoms with van der Waals surface area (Å²) in [4.78, 5) is 35.3. The van der Waals surface area contributed by atoms with Crippen molar-refractivity contribution in [3.8, 4) is 0 Å². The van der Waals surface area contributed by atoms with Gasteiger partial charge < -0.3 is 10.2 Å². The smallest absolute Gasteiger partial charge is 0.229 e. The van der Waals surface area contributed by atoms with Crippen LogP contribution in [0.4, 0.5) is 0 Å². The largest absolute Gasteiger partial charge is 0.393 e. The van der Waals surface area contributed by atoms with E-state index in [0.29, 0.717) is 24.5 Å². The van der Waals surface area contributed by atoms with E-state index >= 15 is 0 Å². The summed E-state index contributed by atoms with van der Waals surface area (Å²) in [6, 6.07) is 0. The highest BCUT2D eigenvalue weighted by atomic mass is 16.3. The third kappa shape index (κ3) is 8.65. The summed E-state index contributed by atoms with van der Waals surface area (Å²) < 4.78 is 0. The third-order valence-corrected chi connectivity index (χ3v) is 5.99. The van der Waals surface area contributed by atoms with Gasteiger partial charge in [0.2, 0.25) is 11.6 Å². The van der Waals surface area contributed by atoms with Crippen LogP contribution in [0, 0.1) is 17.8 Å². The van der Waals surface area contributed by atoms with Gasteiger partial charge in [-0.05, 0) is 37.5 Å². The molecule has 5 heteroatoms. The fraction of sp³-hybridized carbons (Fsp3) is 0.864. The molecule has 0 amide bonds. The number of aliphatic hydroxyl groups excluding tert-OH is 2. The molecular weight excluding hydrogens is 344 g/mol. The first-order valence-corrected chi connectivity index (χ1v) is 10.8. The molecule has 1 aliphatic carbocycles. The minimum Gasteiger partial charge on any atom is -0.393 e. The molecule has 0 heterocycles. The lowest BCUT2D eigenvalue weighted by Gasteiger charge is -2.19. The Morgan fingerprint density at radius 2 is 1.81 bits per heavy atom. The SMILES string of the molecule is CCCCC(C)CCC[C@H]1CCC(=O)[C@@H]1CCCCC(=O)C(=O)C(O)CO. The fourth-order valence-corrected chi connectivity index (χ4v) is 4.19. The minimum absolute atomic E-state index is 0.0798. The molecule has 0 aromatic heterocycles. The summed E-state index contributed by atoms with van der Waals surface area (Å²) in [5.41, 5.74) is 0. The summed E-state index contributed by atoms with van der Waals surface area (Å²) in [5.74, 6) is 0.168. The van der Waals surface area contributed by atoms with Gasteiger partial charge in [0.15, 0.2) is 0 Å². The summed E-state index contributed by atoms with van der Waals surface area (Å²) in [7, 11) is 0. The number of aliphatic hydroxyl groups is 2. The molecule has 4 atom stereocenters. The number of carbonyl (C=O) groups is 3. The third-order valence-electron chi connectivity index (χ3n) is 5.99. The van der Waals surface area contributed by atoms with Crippen molar-refractivity contribution in [1.82, 2.24) is 0 Å². The van der Waals surface area contributed by atoms with E-state index < -0.39 is 24.3 Å². The van der Waals surface area contributed by atoms with Crippen LogP contribution >= 0.6 is 0 Å². The second-order valence-corrected chi connectivity index (χ2v) is 8.28. The van der Waals surface area contributed by atoms with Crippen molar-refractivity contribution in [2.24, 2.45) is 17.8 Å². The zero-order chi connectivity index (χ0) is 20.2. The van der Waals surface area contributed by atoms with E-state index in [2.05, 4.69) is 13.8 Å². The van der Waals surface area contributed by atoms with Crippen molar-refractivity contribution in [3.63, 3.8) is 0 Å². The van der Waals surface area contributed by atoms with Crippen LogP contribution in [0.25, 0.3) is 0 Å². The number of carbonyl (C=O) groups excluding carboxylic acids is 3. The Morgan fingerprint density at radius 1 is 1.11 bits per heavy atom. The molecule has 2 unspecified atom stereocenters. The van der Waals surface area contributed by atoms with Gasteiger partial charge in [0.05, 0.1) is 6.61 Å². The van der Waals surface area contributed by atoms with Crippen LogP contribution in [0.15, 0.2) is 0 Å². The maximum atomic E-state index is 12.2. The van der Waals surface area contributed by atoms with Crippen LogP contribution in [0.5, 0.6) is 0 Å². The molecule has 0 aliphatic heterocycles. The van der Waals surface area contributed by atoms with Gasteiger partial charge in [-0.2, -0.15) is 0 Å². The number of hydrogen-bond donors (Lipinski definition) is 2. The maximum absolute atomic E-state index is 12.2. The van der Waals surface area contributed by atoms with Crippen LogP contribution in [-0.4, -0.2) is 40.3 Å². The lowest BCUT2D eigenvalue weighted by atomic mass is 9.85. The highest BCUT2D eigenvalue weighted by Crippen LogP contribution is 2.36. The van der Waals surface area contributed by atoms with E-state index in [1.54, 1.807) is 0 Å². The van der Waals surface area contributed by atoms with Gasteiger partial charge in [0, 0.05) is 18.8 Å². The van der Waals surface area contributed by atoms with Gasteiger partial charge in [0.25, 0.3) is 0 Å². The van der Waals surface area contributed by atoms with E-state index in [1.165, 1.54) is 32.1 Å². The topological polar surface area (TPSA) is 91.7 Å². The van der Waals surface area contributed by atoms with Gasteiger partial charge >= 0.3 is 0 Å². The van der Waals surface area contributed by atoms with Crippen molar-refractivity contribution in [2.45, 2.75) is 97.0 Å². The van der Waals surface area contributed by atoms with Crippen molar-refractivity contribution in [3.05, 3.63) is 0 Å². The van der Waals surface area contributed by atoms with Gasteiger partial charge in [0.1, 0.15) is 11.9 Å². The molecule has 1 aliphatic rings. The van der Waals surface area contributed by atoms with Crippen LogP contribution < -0.4 is 0 Å². The van der Waals surface area contributed by atoms with E-state index in [1.807, 2.05) is 0 Å². The summed E-state index contributed by atoms with van der Waals surface area (Å²) in [6.45, 7) is 3.82. The molecular formula is C22H38O5. The Kier molecular flexibility index (Phi) is 11.7. The zero-order valence-electron chi connectivity index (χ0n) is 17.1. The monoisotopic (exact) mass is 382 g/mol. The maximum Gasteiger partial charge on any atom is 0.229 e. The van der Waals surface area contributed by atoms with Gasteiger partial charge in [-0.1, -0.05) is 52.4 Å². The van der Waals surface area contributed by atoms with E-state index in [0.717, 1.165) is 31.6 Å². The molecule has 1 rings (SSSR count). The molecule has 1 fully saturated rings. The minimum atomic E-state index is -1.60. The van der Waals surface area contributed by atoms with Crippen molar-refractivity contribution in [2.75, 3.05) is 6.61 Å². The van der Waals surface area contributed by atoms with Crippen LogP contribution in [0.2, 0.25) is 0 Å². The summed E-state index contributed by atoms with van der Waals surface area (Å²) >= 11 is 0. The van der Waals surface area contributed by atoms with Gasteiger partial charge in [-0.3, -0.25) is 14.4 Å². The van der Waals surface area contributed by atoms with Gasteiger partial charge in [-0.15, -0.1) is 0 Å². The number of ketones is 3.